The highest BCUT2D eigenvalue weighted by Crippen LogP contribution is 2.56. The van der Waals surface area contributed by atoms with Crippen LogP contribution in [0.4, 0.5) is 58.4 Å². The molecule has 1 rings (SSSR count). The third kappa shape index (κ3) is 3.97. The van der Waals surface area contributed by atoms with Gasteiger partial charge >= 0.3 is 29.5 Å². The molecule has 1 aromatic rings. The fourth-order valence-electron chi connectivity index (χ4n) is 1.56. The molecule has 0 fully saturated rings. The largest absolute Gasteiger partial charge is 0.464 e. The second-order valence-corrected chi connectivity index (χ2v) is 6.65. The quantitative estimate of drug-likeness (QED) is 0.295. The Hall–Kier alpha value is -0.990. The van der Waals surface area contributed by atoms with Crippen LogP contribution in [-0.2, 0) is 5.67 Å². The van der Waals surface area contributed by atoms with Gasteiger partial charge in [-0.25, -0.2) is 4.39 Å². The average Bonchev–Trinajstić information content (AvgIpc) is 2.38. The summed E-state index contributed by atoms with van der Waals surface area (Å²) in [5.41, 5.74) is -4.22. The monoisotopic (exact) mass is 489 g/mol. The molecule has 0 atom stereocenters. The summed E-state index contributed by atoms with van der Waals surface area (Å²) in [6, 6.07) is -0.558. The van der Waals surface area contributed by atoms with Crippen LogP contribution in [0.2, 0.25) is 0 Å². The van der Waals surface area contributed by atoms with Crippen LogP contribution in [0.1, 0.15) is 5.56 Å². The van der Waals surface area contributed by atoms with E-state index in [1.54, 1.807) is 0 Å². The Bertz CT molecular complexity index is 663. The van der Waals surface area contributed by atoms with Gasteiger partial charge < -0.3 is 5.73 Å². The Morgan fingerprint density at radius 1 is 0.731 bits per heavy atom. The van der Waals surface area contributed by atoms with Gasteiger partial charge in [0.25, 0.3) is 0 Å². The van der Waals surface area contributed by atoms with Crippen molar-refractivity contribution in [1.82, 2.24) is 0 Å². The maximum absolute atomic E-state index is 14.0. The molecule has 150 valence electrons. The maximum Gasteiger partial charge on any atom is 0.464 e. The van der Waals surface area contributed by atoms with Gasteiger partial charge in [-0.15, -0.1) is 0 Å². The number of anilines is 1. The van der Waals surface area contributed by atoms with Gasteiger partial charge in [0.2, 0.25) is 0 Å². The summed E-state index contributed by atoms with van der Waals surface area (Å²) < 4.78 is 152. The SMILES string of the molecule is Nc1c(Br)cc(C(F)(C(F)(F)F)C(F)(F)F)cc1SC(F)(F)C(F)(F)F. The molecule has 0 aliphatic carbocycles. The fourth-order valence-corrected chi connectivity index (χ4v) is 2.95. The molecule has 0 bridgehead atoms. The number of benzene rings is 1. The van der Waals surface area contributed by atoms with Crippen LogP contribution < -0.4 is 5.73 Å². The molecule has 0 spiro atoms. The van der Waals surface area contributed by atoms with Crippen molar-refractivity contribution < 1.29 is 52.7 Å². The Kier molecular flexibility index (Phi) is 5.82. The lowest BCUT2D eigenvalue weighted by molar-refractivity contribution is -0.348. The highest BCUT2D eigenvalue weighted by Gasteiger charge is 2.73. The lowest BCUT2D eigenvalue weighted by Crippen LogP contribution is -2.50. The molecule has 0 unspecified atom stereocenters. The van der Waals surface area contributed by atoms with E-state index in [2.05, 4.69) is 15.9 Å². The molecule has 2 N–H and O–H groups in total. The molecule has 15 heteroatoms. The smallest absolute Gasteiger partial charge is 0.397 e. The fraction of sp³-hybridized carbons (Fsp3) is 0.455. The lowest BCUT2D eigenvalue weighted by atomic mass is 9.94. The Balaban J connectivity index is 3.66. The second-order valence-electron chi connectivity index (χ2n) is 4.64. The predicted molar refractivity (Wildman–Crippen MR) is 70.3 cm³/mol. The zero-order chi connectivity index (χ0) is 20.9. The molecule has 0 saturated carbocycles. The zero-order valence-corrected chi connectivity index (χ0v) is 14.0. The number of alkyl halides is 12. The standard InChI is InChI=1S/C11H4BrF12NS/c12-4-1-3(7(13,8(14,15)16)9(17,18)19)2-5(6(4)25)26-11(23,24)10(20,21)22/h1-2H,25H2. The predicted octanol–water partition coefficient (Wildman–Crippen LogP) is 6.57. The van der Waals surface area contributed by atoms with Gasteiger partial charge in [0.1, 0.15) is 0 Å². The molecule has 0 aliphatic rings. The van der Waals surface area contributed by atoms with Gasteiger partial charge in [0.05, 0.1) is 5.69 Å². The molecule has 0 aromatic heterocycles. The summed E-state index contributed by atoms with van der Waals surface area (Å²) in [7, 11) is 0. The molecule has 0 heterocycles. The highest BCUT2D eigenvalue weighted by atomic mass is 79.9. The van der Waals surface area contributed by atoms with Crippen molar-refractivity contribution in [3.05, 3.63) is 22.2 Å². The molecule has 0 amide bonds. The minimum absolute atomic E-state index is 0.105. The summed E-state index contributed by atoms with van der Waals surface area (Å²) in [5, 5.41) is -5.62. The van der Waals surface area contributed by atoms with E-state index < -0.39 is 67.9 Å². The van der Waals surface area contributed by atoms with Crippen LogP contribution in [-0.4, -0.2) is 23.8 Å². The number of halogens is 13. The third-order valence-electron chi connectivity index (χ3n) is 2.84. The molecular formula is C11H4BrF12NS. The normalized spacial score (nSPS) is 14.7. The van der Waals surface area contributed by atoms with E-state index in [1.807, 2.05) is 0 Å². The van der Waals surface area contributed by atoms with E-state index >= 15 is 0 Å². The van der Waals surface area contributed by atoms with Gasteiger partial charge in [0.15, 0.2) is 0 Å². The first-order valence-corrected chi connectivity index (χ1v) is 7.42. The maximum atomic E-state index is 14.0. The topological polar surface area (TPSA) is 26.0 Å². The van der Waals surface area contributed by atoms with E-state index in [1.165, 1.54) is 0 Å². The van der Waals surface area contributed by atoms with Crippen molar-refractivity contribution in [3.8, 4) is 0 Å². The Morgan fingerprint density at radius 2 is 1.15 bits per heavy atom. The molecular weight excluding hydrogens is 486 g/mol. The first kappa shape index (κ1) is 23.0. The van der Waals surface area contributed by atoms with Crippen LogP contribution in [0, 0.1) is 0 Å². The number of thioether (sulfide) groups is 1. The third-order valence-corrected chi connectivity index (χ3v) is 4.54. The molecule has 0 radical (unpaired) electrons. The van der Waals surface area contributed by atoms with E-state index in [-0.39, 0.29) is 6.07 Å². The molecule has 0 aliphatic heterocycles. The van der Waals surface area contributed by atoms with Gasteiger partial charge in [-0.2, -0.15) is 48.3 Å². The summed E-state index contributed by atoms with van der Waals surface area (Å²) in [6.07, 6.45) is -19.4. The van der Waals surface area contributed by atoms with Crippen LogP contribution >= 0.6 is 27.7 Å². The van der Waals surface area contributed by atoms with Crippen LogP contribution in [0.15, 0.2) is 21.5 Å². The van der Waals surface area contributed by atoms with E-state index in [0.717, 1.165) is 0 Å². The van der Waals surface area contributed by atoms with E-state index in [9.17, 15) is 52.7 Å². The van der Waals surface area contributed by atoms with Crippen molar-refractivity contribution in [1.29, 1.82) is 0 Å². The van der Waals surface area contributed by atoms with Gasteiger partial charge in [0, 0.05) is 14.9 Å². The number of rotatable bonds is 3. The average molecular weight is 490 g/mol. The minimum atomic E-state index is -6.59. The number of nitrogens with two attached hydrogens (primary N) is 1. The van der Waals surface area contributed by atoms with Crippen molar-refractivity contribution >= 4 is 33.4 Å². The summed E-state index contributed by atoms with van der Waals surface area (Å²) in [5.74, 6) is 0. The Morgan fingerprint density at radius 3 is 1.50 bits per heavy atom. The molecule has 26 heavy (non-hydrogen) atoms. The van der Waals surface area contributed by atoms with Crippen LogP contribution in [0.25, 0.3) is 0 Å². The molecule has 0 saturated heterocycles. The van der Waals surface area contributed by atoms with Gasteiger partial charge in [-0.3, -0.25) is 0 Å². The van der Waals surface area contributed by atoms with Gasteiger partial charge in [-0.1, -0.05) is 0 Å². The van der Waals surface area contributed by atoms with Crippen molar-refractivity contribution in [3.63, 3.8) is 0 Å². The summed E-state index contributed by atoms with van der Waals surface area (Å²) in [6.45, 7) is 0. The Labute approximate surface area is 149 Å². The summed E-state index contributed by atoms with van der Waals surface area (Å²) >= 11 is 0.845. The summed E-state index contributed by atoms with van der Waals surface area (Å²) in [4.78, 5) is -1.53. The van der Waals surface area contributed by atoms with E-state index in [4.69, 9.17) is 5.73 Å². The van der Waals surface area contributed by atoms with Crippen LogP contribution in [0.5, 0.6) is 0 Å². The number of hydrogen-bond donors (Lipinski definition) is 1. The number of nitrogen functional groups attached to an aromatic ring is 1. The second kappa shape index (κ2) is 6.56. The molecule has 1 nitrogen and oxygen atoms in total. The van der Waals surface area contributed by atoms with Crippen molar-refractivity contribution in [2.75, 3.05) is 5.73 Å². The lowest BCUT2D eigenvalue weighted by Gasteiger charge is -2.31. The zero-order valence-electron chi connectivity index (χ0n) is 11.6. The van der Waals surface area contributed by atoms with Crippen LogP contribution in [0.3, 0.4) is 0 Å². The van der Waals surface area contributed by atoms with Crippen molar-refractivity contribution in [2.45, 2.75) is 34.3 Å². The first-order chi connectivity index (χ1) is 11.3. The first-order valence-electron chi connectivity index (χ1n) is 5.81. The van der Waals surface area contributed by atoms with Crippen molar-refractivity contribution in [2.24, 2.45) is 0 Å². The van der Waals surface area contributed by atoms with E-state index in [0.29, 0.717) is 0 Å². The van der Waals surface area contributed by atoms with Gasteiger partial charge in [-0.05, 0) is 39.8 Å². The highest BCUT2D eigenvalue weighted by molar-refractivity contribution is 9.10. The number of hydrogen-bond acceptors (Lipinski definition) is 2. The molecule has 1 aromatic carbocycles. The minimum Gasteiger partial charge on any atom is -0.397 e.